The van der Waals surface area contributed by atoms with Gasteiger partial charge in [0.15, 0.2) is 5.60 Å². The largest absolute Gasteiger partial charge is 0.478 e. The minimum atomic E-state index is -1.06. The van der Waals surface area contributed by atoms with Gasteiger partial charge in [-0.3, -0.25) is 4.79 Å². The van der Waals surface area contributed by atoms with Crippen LogP contribution in [0.3, 0.4) is 0 Å². The number of anilines is 1. The van der Waals surface area contributed by atoms with Crippen molar-refractivity contribution in [3.63, 3.8) is 0 Å². The molecule has 8 heteroatoms. The third-order valence-corrected chi connectivity index (χ3v) is 6.88. The fourth-order valence-corrected chi connectivity index (χ4v) is 4.93. The van der Waals surface area contributed by atoms with Gasteiger partial charge in [0.2, 0.25) is 0 Å². The van der Waals surface area contributed by atoms with Crippen molar-refractivity contribution in [2.45, 2.75) is 25.5 Å². The molecule has 1 aliphatic heterocycles. The summed E-state index contributed by atoms with van der Waals surface area (Å²) < 4.78 is 6.06. The highest BCUT2D eigenvalue weighted by Crippen LogP contribution is 2.37. The van der Waals surface area contributed by atoms with E-state index in [2.05, 4.69) is 4.90 Å². The smallest absolute Gasteiger partial charge is 0.266 e. The molecule has 1 fully saturated rings. The summed E-state index contributed by atoms with van der Waals surface area (Å²) in [7, 11) is 0. The lowest BCUT2D eigenvalue weighted by atomic mass is 9.99. The Balaban J connectivity index is 1.60. The molecular weight excluding hydrogens is 514 g/mol. The molecule has 4 rings (SSSR count). The Bertz CT molecular complexity index is 1170. The van der Waals surface area contributed by atoms with Crippen molar-refractivity contribution in [1.29, 1.82) is 0 Å². The molecule has 1 saturated heterocycles. The first-order chi connectivity index (χ1) is 16.1. The molecule has 0 N–H and O–H groups in total. The van der Waals surface area contributed by atoms with Crippen molar-refractivity contribution >= 4 is 58.0 Å². The molecule has 1 unspecified atom stereocenters. The second-order valence-corrected chi connectivity index (χ2v) is 10.4. The fraction of sp³-hybridized carbons (Fsp3) is 0.269. The molecule has 0 aromatic heterocycles. The maximum atomic E-state index is 13.6. The second kappa shape index (κ2) is 10.2. The SMILES string of the molecule is CC(C)(Oc1ccc(Cl)cc1)C(=O)N1CCN(c2ccc(Cl)cc2Cl)C(c2ccc(Cl)cc2)C1. The van der Waals surface area contributed by atoms with Crippen LogP contribution in [0.1, 0.15) is 25.5 Å². The van der Waals surface area contributed by atoms with Crippen LogP contribution < -0.4 is 9.64 Å². The summed E-state index contributed by atoms with van der Waals surface area (Å²) in [6, 6.07) is 20.0. The normalized spacial score (nSPS) is 16.5. The molecule has 1 amide bonds. The zero-order chi connectivity index (χ0) is 24.5. The highest BCUT2D eigenvalue weighted by atomic mass is 35.5. The molecule has 0 saturated carbocycles. The summed E-state index contributed by atoms with van der Waals surface area (Å²) in [5, 5.41) is 2.41. The van der Waals surface area contributed by atoms with Crippen LogP contribution in [0.5, 0.6) is 5.75 Å². The zero-order valence-corrected chi connectivity index (χ0v) is 21.8. The van der Waals surface area contributed by atoms with Gasteiger partial charge in [0, 0.05) is 34.7 Å². The Hall–Kier alpha value is -2.11. The Labute approximate surface area is 219 Å². The Morgan fingerprint density at radius 2 is 1.44 bits per heavy atom. The van der Waals surface area contributed by atoms with E-state index in [0.717, 1.165) is 11.3 Å². The Morgan fingerprint density at radius 1 is 0.853 bits per heavy atom. The number of rotatable bonds is 5. The molecule has 0 aliphatic carbocycles. The van der Waals surface area contributed by atoms with Crippen LogP contribution >= 0.6 is 46.4 Å². The van der Waals surface area contributed by atoms with Crippen molar-refractivity contribution in [2.24, 2.45) is 0 Å². The van der Waals surface area contributed by atoms with E-state index in [1.165, 1.54) is 0 Å². The third kappa shape index (κ3) is 5.58. The maximum absolute atomic E-state index is 13.6. The lowest BCUT2D eigenvalue weighted by Crippen LogP contribution is -2.56. The highest BCUT2D eigenvalue weighted by molar-refractivity contribution is 6.36. The topological polar surface area (TPSA) is 32.8 Å². The number of amides is 1. The Morgan fingerprint density at radius 3 is 2.06 bits per heavy atom. The summed E-state index contributed by atoms with van der Waals surface area (Å²) in [6.07, 6.45) is 0. The number of benzene rings is 3. The van der Waals surface area contributed by atoms with Gasteiger partial charge in [0.25, 0.3) is 5.91 Å². The first-order valence-electron chi connectivity index (χ1n) is 10.9. The molecule has 3 aromatic rings. The van der Waals surface area contributed by atoms with E-state index in [-0.39, 0.29) is 11.9 Å². The zero-order valence-electron chi connectivity index (χ0n) is 18.8. The number of ether oxygens (including phenoxy) is 1. The molecule has 178 valence electrons. The molecule has 0 bridgehead atoms. The van der Waals surface area contributed by atoms with Crippen LogP contribution in [0.15, 0.2) is 66.7 Å². The quantitative estimate of drug-likeness (QED) is 0.337. The number of hydrogen-bond donors (Lipinski definition) is 0. The third-order valence-electron chi connectivity index (χ3n) is 5.84. The highest BCUT2D eigenvalue weighted by Gasteiger charge is 2.39. The summed E-state index contributed by atoms with van der Waals surface area (Å²) in [5.41, 5.74) is 0.845. The van der Waals surface area contributed by atoms with E-state index >= 15 is 0 Å². The van der Waals surface area contributed by atoms with E-state index < -0.39 is 5.60 Å². The summed E-state index contributed by atoms with van der Waals surface area (Å²) >= 11 is 24.8. The molecule has 34 heavy (non-hydrogen) atoms. The number of halogens is 4. The van der Waals surface area contributed by atoms with Gasteiger partial charge >= 0.3 is 0 Å². The average molecular weight is 538 g/mol. The van der Waals surface area contributed by atoms with E-state index in [0.29, 0.717) is 45.5 Å². The van der Waals surface area contributed by atoms with Crippen molar-refractivity contribution in [3.8, 4) is 5.75 Å². The lowest BCUT2D eigenvalue weighted by molar-refractivity contribution is -0.146. The summed E-state index contributed by atoms with van der Waals surface area (Å²) in [5.74, 6) is 0.492. The predicted molar refractivity (Wildman–Crippen MR) is 141 cm³/mol. The molecule has 1 aliphatic rings. The second-order valence-electron chi connectivity index (χ2n) is 8.67. The molecule has 1 heterocycles. The summed E-state index contributed by atoms with van der Waals surface area (Å²) in [4.78, 5) is 17.6. The number of piperazine rings is 1. The number of hydrogen-bond acceptors (Lipinski definition) is 3. The van der Waals surface area contributed by atoms with Gasteiger partial charge in [-0.25, -0.2) is 0 Å². The van der Waals surface area contributed by atoms with Crippen LogP contribution in [0.25, 0.3) is 0 Å². The molecule has 0 spiro atoms. The van der Waals surface area contributed by atoms with E-state index in [1.54, 1.807) is 44.2 Å². The van der Waals surface area contributed by atoms with Crippen LogP contribution in [0.4, 0.5) is 5.69 Å². The average Bonchev–Trinajstić information content (AvgIpc) is 2.80. The van der Waals surface area contributed by atoms with Crippen LogP contribution in [-0.2, 0) is 4.79 Å². The van der Waals surface area contributed by atoms with Gasteiger partial charge < -0.3 is 14.5 Å². The first-order valence-corrected chi connectivity index (χ1v) is 12.4. The van der Waals surface area contributed by atoms with E-state index in [1.807, 2.05) is 41.3 Å². The summed E-state index contributed by atoms with van der Waals surface area (Å²) in [6.45, 7) is 5.15. The van der Waals surface area contributed by atoms with Gasteiger partial charge in [-0.05, 0) is 74.0 Å². The minimum absolute atomic E-state index is 0.0942. The van der Waals surface area contributed by atoms with Gasteiger partial charge in [-0.1, -0.05) is 58.5 Å². The maximum Gasteiger partial charge on any atom is 0.266 e. The molecule has 0 radical (unpaired) electrons. The first kappa shape index (κ1) is 25.0. The van der Waals surface area contributed by atoms with Gasteiger partial charge in [-0.15, -0.1) is 0 Å². The van der Waals surface area contributed by atoms with Crippen molar-refractivity contribution in [2.75, 3.05) is 24.5 Å². The number of carbonyl (C=O) groups is 1. The number of nitrogens with zero attached hydrogens (tertiary/aromatic N) is 2. The van der Waals surface area contributed by atoms with E-state index in [4.69, 9.17) is 51.1 Å². The van der Waals surface area contributed by atoms with Crippen LogP contribution in [0, 0.1) is 0 Å². The van der Waals surface area contributed by atoms with Crippen molar-refractivity contribution in [3.05, 3.63) is 92.4 Å². The molecule has 1 atom stereocenters. The predicted octanol–water partition coefficient (Wildman–Crippen LogP) is 7.55. The minimum Gasteiger partial charge on any atom is -0.478 e. The van der Waals surface area contributed by atoms with Crippen LogP contribution in [-0.4, -0.2) is 36.0 Å². The molecule has 4 nitrogen and oxygen atoms in total. The molecule has 3 aromatic carbocycles. The monoisotopic (exact) mass is 536 g/mol. The number of carbonyl (C=O) groups excluding carboxylic acids is 1. The molecular formula is C26H24Cl4N2O2. The van der Waals surface area contributed by atoms with Crippen molar-refractivity contribution < 1.29 is 9.53 Å². The standard InChI is InChI=1S/C26H24Cl4N2O2/c1-26(2,34-21-10-7-19(28)8-11-21)25(33)31-13-14-32(23-12-9-20(29)15-22(23)30)24(16-31)17-3-5-18(27)6-4-17/h3-12,15,24H,13-14,16H2,1-2H3. The van der Waals surface area contributed by atoms with Gasteiger partial charge in [-0.2, -0.15) is 0 Å². The fourth-order valence-electron chi connectivity index (χ4n) is 4.16. The van der Waals surface area contributed by atoms with Gasteiger partial charge in [0.1, 0.15) is 5.75 Å². The van der Waals surface area contributed by atoms with E-state index in [9.17, 15) is 4.79 Å². The lowest BCUT2D eigenvalue weighted by Gasteiger charge is -2.45. The van der Waals surface area contributed by atoms with Crippen molar-refractivity contribution in [1.82, 2.24) is 4.90 Å². The van der Waals surface area contributed by atoms with Crippen LogP contribution in [0.2, 0.25) is 20.1 Å². The Kier molecular flexibility index (Phi) is 7.54. The van der Waals surface area contributed by atoms with Gasteiger partial charge in [0.05, 0.1) is 16.8 Å².